The lowest BCUT2D eigenvalue weighted by Crippen LogP contribution is -2.42. The second-order valence-corrected chi connectivity index (χ2v) is 5.25. The van der Waals surface area contributed by atoms with E-state index in [0.717, 1.165) is 5.69 Å². The Balaban J connectivity index is 1.74. The highest BCUT2D eigenvalue weighted by molar-refractivity contribution is 5.68. The van der Waals surface area contributed by atoms with E-state index in [-0.39, 0.29) is 0 Å². The normalized spacial score (nSPS) is 14.8. The number of hydrogen-bond acceptors (Lipinski definition) is 2. The molecule has 0 radical (unpaired) electrons. The van der Waals surface area contributed by atoms with Crippen molar-refractivity contribution in [1.29, 1.82) is 0 Å². The number of rotatable bonds is 4. The number of benzene rings is 1. The van der Waals surface area contributed by atoms with Crippen LogP contribution in [-0.2, 0) is 0 Å². The van der Waals surface area contributed by atoms with Crippen molar-refractivity contribution in [3.8, 4) is 0 Å². The Morgan fingerprint density at radius 3 is 2.48 bits per heavy atom. The first-order valence-corrected chi connectivity index (χ1v) is 7.45. The lowest BCUT2D eigenvalue weighted by atomic mass is 10.1. The quantitative estimate of drug-likeness (QED) is 0.801. The fourth-order valence-corrected chi connectivity index (χ4v) is 2.69. The van der Waals surface area contributed by atoms with Gasteiger partial charge in [0.1, 0.15) is 7.11 Å². The summed E-state index contributed by atoms with van der Waals surface area (Å²) in [6, 6.07) is 14.7. The third-order valence-corrected chi connectivity index (χ3v) is 3.86. The van der Waals surface area contributed by atoms with Crippen molar-refractivity contribution in [3.63, 3.8) is 0 Å². The minimum absolute atomic E-state index is 1.02. The zero-order valence-electron chi connectivity index (χ0n) is 12.4. The summed E-state index contributed by atoms with van der Waals surface area (Å²) < 4.78 is 1.75. The van der Waals surface area contributed by atoms with Crippen molar-refractivity contribution in [1.82, 2.24) is 0 Å². The maximum Gasteiger partial charge on any atom is 0.257 e. The molecule has 0 saturated carbocycles. The minimum Gasteiger partial charge on any atom is -0.372 e. The first-order chi connectivity index (χ1) is 10.4. The molecule has 3 nitrogen and oxygen atoms in total. The van der Waals surface area contributed by atoms with Crippen LogP contribution in [0.5, 0.6) is 0 Å². The van der Waals surface area contributed by atoms with E-state index in [2.05, 4.69) is 41.3 Å². The highest BCUT2D eigenvalue weighted by Gasteiger charge is 2.11. The molecule has 1 saturated heterocycles. The SMILES string of the molecule is CO[n+]1ccccc1/C=C/c1ccc(N2CCCC2)cc1. The van der Waals surface area contributed by atoms with E-state index in [4.69, 9.17) is 4.84 Å². The molecule has 3 rings (SSSR count). The van der Waals surface area contributed by atoms with Crippen LogP contribution in [0.1, 0.15) is 24.1 Å². The average molecular weight is 281 g/mol. The molecule has 0 aliphatic carbocycles. The molecule has 1 fully saturated rings. The van der Waals surface area contributed by atoms with E-state index in [1.54, 1.807) is 11.8 Å². The van der Waals surface area contributed by atoms with Crippen molar-refractivity contribution in [3.05, 3.63) is 59.9 Å². The molecule has 1 aromatic carbocycles. The zero-order valence-corrected chi connectivity index (χ0v) is 12.4. The Bertz CT molecular complexity index is 613. The molecule has 1 aliphatic rings. The maximum absolute atomic E-state index is 5.28. The molecule has 0 bridgehead atoms. The van der Waals surface area contributed by atoms with Crippen LogP contribution in [-0.4, -0.2) is 20.2 Å². The highest BCUT2D eigenvalue weighted by Crippen LogP contribution is 2.20. The van der Waals surface area contributed by atoms with E-state index < -0.39 is 0 Å². The summed E-state index contributed by atoms with van der Waals surface area (Å²) >= 11 is 0. The van der Waals surface area contributed by atoms with Gasteiger partial charge in [-0.3, -0.25) is 4.84 Å². The molecular weight excluding hydrogens is 260 g/mol. The topological polar surface area (TPSA) is 16.4 Å². The number of hydrogen-bond donors (Lipinski definition) is 0. The zero-order chi connectivity index (χ0) is 14.5. The summed E-state index contributed by atoms with van der Waals surface area (Å²) in [6.45, 7) is 2.38. The Morgan fingerprint density at radius 1 is 1.00 bits per heavy atom. The predicted octanol–water partition coefficient (Wildman–Crippen LogP) is 2.80. The van der Waals surface area contributed by atoms with Crippen LogP contribution in [0.25, 0.3) is 12.2 Å². The number of nitrogens with zero attached hydrogens (tertiary/aromatic N) is 2. The fraction of sp³-hybridized carbons (Fsp3) is 0.278. The summed E-state index contributed by atoms with van der Waals surface area (Å²) in [4.78, 5) is 7.73. The minimum atomic E-state index is 1.02. The first-order valence-electron chi connectivity index (χ1n) is 7.45. The smallest absolute Gasteiger partial charge is 0.257 e. The maximum atomic E-state index is 5.28. The molecule has 0 N–H and O–H groups in total. The third kappa shape index (κ3) is 3.24. The molecule has 1 aliphatic heterocycles. The largest absolute Gasteiger partial charge is 0.372 e. The van der Waals surface area contributed by atoms with Crippen LogP contribution in [0.3, 0.4) is 0 Å². The fourth-order valence-electron chi connectivity index (χ4n) is 2.69. The van der Waals surface area contributed by atoms with Crippen LogP contribution in [0, 0.1) is 0 Å². The Morgan fingerprint density at radius 2 is 1.76 bits per heavy atom. The van der Waals surface area contributed by atoms with Gasteiger partial charge in [-0.25, -0.2) is 0 Å². The van der Waals surface area contributed by atoms with Gasteiger partial charge < -0.3 is 4.90 Å². The van der Waals surface area contributed by atoms with Gasteiger partial charge in [-0.2, -0.15) is 0 Å². The third-order valence-electron chi connectivity index (χ3n) is 3.86. The lowest BCUT2D eigenvalue weighted by molar-refractivity contribution is -0.886. The monoisotopic (exact) mass is 281 g/mol. The molecule has 0 atom stereocenters. The van der Waals surface area contributed by atoms with E-state index in [9.17, 15) is 0 Å². The molecule has 108 valence electrons. The van der Waals surface area contributed by atoms with Crippen LogP contribution >= 0.6 is 0 Å². The lowest BCUT2D eigenvalue weighted by Gasteiger charge is -2.17. The van der Waals surface area contributed by atoms with Gasteiger partial charge in [0.05, 0.1) is 0 Å². The number of anilines is 1. The summed E-state index contributed by atoms with van der Waals surface area (Å²) in [5.74, 6) is 0. The first kappa shape index (κ1) is 13.7. The van der Waals surface area contributed by atoms with E-state index in [1.165, 1.54) is 37.2 Å². The Labute approximate surface area is 126 Å². The van der Waals surface area contributed by atoms with Gasteiger partial charge in [-0.1, -0.05) is 12.1 Å². The van der Waals surface area contributed by atoms with Gasteiger partial charge >= 0.3 is 0 Å². The van der Waals surface area contributed by atoms with Crippen molar-refractivity contribution in [2.24, 2.45) is 0 Å². The molecular formula is C18H21N2O+. The van der Waals surface area contributed by atoms with Gasteiger partial charge in [0.2, 0.25) is 6.20 Å². The summed E-state index contributed by atoms with van der Waals surface area (Å²) in [5, 5.41) is 0. The van der Waals surface area contributed by atoms with E-state index >= 15 is 0 Å². The van der Waals surface area contributed by atoms with Gasteiger partial charge in [-0.15, -0.1) is 0 Å². The standard InChI is InChI=1S/C18H21N2O/c1-21-20-15-3-2-6-18(20)12-9-16-7-10-17(11-8-16)19-13-4-5-14-19/h2-3,6-12,15H,4-5,13-14H2,1H3/q+1. The predicted molar refractivity (Wildman–Crippen MR) is 86.0 cm³/mol. The van der Waals surface area contributed by atoms with Crippen LogP contribution in [0.4, 0.5) is 5.69 Å². The number of pyridine rings is 1. The van der Waals surface area contributed by atoms with Gasteiger partial charge in [0.25, 0.3) is 5.69 Å². The van der Waals surface area contributed by atoms with Crippen molar-refractivity contribution >= 4 is 17.8 Å². The molecule has 21 heavy (non-hydrogen) atoms. The highest BCUT2D eigenvalue weighted by atomic mass is 16.6. The molecule has 0 unspecified atom stereocenters. The molecule has 0 amide bonds. The molecule has 2 heterocycles. The Kier molecular flexibility index (Phi) is 4.20. The molecule has 2 aromatic rings. The molecule has 0 spiro atoms. The van der Waals surface area contributed by atoms with E-state index in [0.29, 0.717) is 0 Å². The van der Waals surface area contributed by atoms with Crippen LogP contribution in [0.15, 0.2) is 48.7 Å². The summed E-state index contributed by atoms with van der Waals surface area (Å²) in [6.07, 6.45) is 8.70. The summed E-state index contributed by atoms with van der Waals surface area (Å²) in [5.41, 5.74) is 3.55. The van der Waals surface area contributed by atoms with Gasteiger partial charge in [0, 0.05) is 41.7 Å². The second-order valence-electron chi connectivity index (χ2n) is 5.25. The van der Waals surface area contributed by atoms with Crippen molar-refractivity contribution in [2.75, 3.05) is 25.1 Å². The van der Waals surface area contributed by atoms with E-state index in [1.807, 2.05) is 24.4 Å². The van der Waals surface area contributed by atoms with Gasteiger partial charge in [0.15, 0.2) is 0 Å². The van der Waals surface area contributed by atoms with Crippen molar-refractivity contribution < 1.29 is 9.57 Å². The van der Waals surface area contributed by atoms with Gasteiger partial charge in [-0.05, 0) is 42.7 Å². The Hall–Kier alpha value is -2.29. The second kappa shape index (κ2) is 6.44. The number of aromatic nitrogens is 1. The van der Waals surface area contributed by atoms with Crippen LogP contribution in [0.2, 0.25) is 0 Å². The average Bonchev–Trinajstić information content (AvgIpc) is 3.08. The van der Waals surface area contributed by atoms with Crippen LogP contribution < -0.4 is 14.5 Å². The molecule has 3 heteroatoms. The van der Waals surface area contributed by atoms with Crippen molar-refractivity contribution in [2.45, 2.75) is 12.8 Å². The molecule has 1 aromatic heterocycles. The summed E-state index contributed by atoms with van der Waals surface area (Å²) in [7, 11) is 1.67.